The Morgan fingerprint density at radius 1 is 0.349 bits per heavy atom. The first-order valence-electron chi connectivity index (χ1n) is 21.6. The predicted molar refractivity (Wildman–Crippen MR) is 255 cm³/mol. The van der Waals surface area contributed by atoms with Gasteiger partial charge in [-0.1, -0.05) is 125 Å². The molecule has 0 saturated carbocycles. The lowest BCUT2D eigenvalue weighted by molar-refractivity contribution is 0.477. The van der Waals surface area contributed by atoms with Crippen molar-refractivity contribution < 1.29 is 4.74 Å². The van der Waals surface area contributed by atoms with Gasteiger partial charge in [-0.2, -0.15) is 0 Å². The van der Waals surface area contributed by atoms with Gasteiger partial charge >= 0.3 is 0 Å². The van der Waals surface area contributed by atoms with Crippen molar-refractivity contribution in [3.8, 4) is 56.8 Å². The quantitative estimate of drug-likeness (QED) is 0.173. The van der Waals surface area contributed by atoms with Gasteiger partial charge < -0.3 is 14.5 Å². The van der Waals surface area contributed by atoms with E-state index in [-0.39, 0.29) is 10.8 Å². The van der Waals surface area contributed by atoms with Crippen LogP contribution in [0, 0.1) is 0 Å². The van der Waals surface area contributed by atoms with Crippen molar-refractivity contribution >= 4 is 34.1 Å². The molecule has 6 nitrogen and oxygen atoms in total. The van der Waals surface area contributed by atoms with E-state index in [1.54, 1.807) is 0 Å². The molecule has 3 aliphatic rings. The minimum Gasteiger partial charge on any atom is -0.453 e. The summed E-state index contributed by atoms with van der Waals surface area (Å²) in [6.45, 7) is 9.24. The molecule has 12 rings (SSSR count). The van der Waals surface area contributed by atoms with Crippen LogP contribution in [-0.4, -0.2) is 15.0 Å². The van der Waals surface area contributed by atoms with Crippen molar-refractivity contribution in [1.82, 2.24) is 15.0 Å². The number of ether oxygens (including phenoxy) is 1. The van der Waals surface area contributed by atoms with Crippen LogP contribution >= 0.6 is 0 Å². The lowest BCUT2D eigenvalue weighted by Gasteiger charge is -2.42. The lowest BCUT2D eigenvalue weighted by atomic mass is 9.73. The Morgan fingerprint density at radius 2 is 0.730 bits per heavy atom. The molecule has 0 fully saturated rings. The van der Waals surface area contributed by atoms with Crippen molar-refractivity contribution in [2.45, 2.75) is 38.5 Å². The highest BCUT2D eigenvalue weighted by Gasteiger charge is 2.37. The Morgan fingerprint density at radius 3 is 1.27 bits per heavy atom. The maximum atomic E-state index is 6.30. The summed E-state index contributed by atoms with van der Waals surface area (Å²) in [5.74, 6) is 3.49. The third-order valence-electron chi connectivity index (χ3n) is 13.3. The monoisotopic (exact) mass is 813 g/mol. The molecule has 0 atom stereocenters. The molecule has 0 saturated heterocycles. The van der Waals surface area contributed by atoms with Crippen molar-refractivity contribution in [3.63, 3.8) is 0 Å². The first-order valence-corrected chi connectivity index (χ1v) is 21.6. The average molecular weight is 814 g/mol. The second kappa shape index (κ2) is 13.8. The Labute approximate surface area is 367 Å². The van der Waals surface area contributed by atoms with Gasteiger partial charge in [0.15, 0.2) is 29.0 Å². The van der Waals surface area contributed by atoms with Crippen LogP contribution in [0.5, 0.6) is 11.5 Å². The summed E-state index contributed by atoms with van der Waals surface area (Å²) in [6, 6.07) is 66.3. The molecule has 0 spiro atoms. The number of para-hydroxylation sites is 6. The van der Waals surface area contributed by atoms with Gasteiger partial charge in [-0.3, -0.25) is 0 Å². The lowest BCUT2D eigenvalue weighted by Crippen LogP contribution is -2.30. The van der Waals surface area contributed by atoms with Gasteiger partial charge in [0.2, 0.25) is 0 Å². The highest BCUT2D eigenvalue weighted by atomic mass is 16.5. The molecular formula is C57H43N5O. The number of nitrogens with zero attached hydrogens (tertiary/aromatic N) is 5. The van der Waals surface area contributed by atoms with Crippen LogP contribution in [0.1, 0.15) is 49.9 Å². The first kappa shape index (κ1) is 37.0. The molecule has 1 aromatic heterocycles. The second-order valence-electron chi connectivity index (χ2n) is 17.7. The fourth-order valence-corrected chi connectivity index (χ4v) is 10.1. The zero-order chi connectivity index (χ0) is 42.5. The Kier molecular flexibility index (Phi) is 8.13. The highest BCUT2D eigenvalue weighted by Crippen LogP contribution is 2.53. The van der Waals surface area contributed by atoms with Crippen LogP contribution in [-0.2, 0) is 10.8 Å². The summed E-state index contributed by atoms with van der Waals surface area (Å²) < 4.78 is 6.30. The zero-order valence-corrected chi connectivity index (χ0v) is 35.5. The third-order valence-corrected chi connectivity index (χ3v) is 13.3. The van der Waals surface area contributed by atoms with E-state index in [9.17, 15) is 0 Å². The van der Waals surface area contributed by atoms with E-state index >= 15 is 0 Å². The predicted octanol–water partition coefficient (Wildman–Crippen LogP) is 14.9. The van der Waals surface area contributed by atoms with E-state index in [1.165, 1.54) is 44.8 Å². The summed E-state index contributed by atoms with van der Waals surface area (Å²) in [6.07, 6.45) is 0. The van der Waals surface area contributed by atoms with Gasteiger partial charge in [0.1, 0.15) is 0 Å². The number of rotatable bonds is 5. The summed E-state index contributed by atoms with van der Waals surface area (Å²) in [4.78, 5) is 20.3. The van der Waals surface area contributed by atoms with Crippen LogP contribution in [0.15, 0.2) is 188 Å². The Hall–Kier alpha value is -7.83. The molecule has 3 heterocycles. The summed E-state index contributed by atoms with van der Waals surface area (Å²) in [7, 11) is 0. The number of benzene rings is 8. The number of hydrogen-bond acceptors (Lipinski definition) is 6. The summed E-state index contributed by atoms with van der Waals surface area (Å²) in [5, 5.41) is 0. The molecule has 8 aromatic carbocycles. The number of aromatic nitrogens is 3. The van der Waals surface area contributed by atoms with Gasteiger partial charge in [-0.05, 0) is 124 Å². The standard InChI is InChI=1S/C57H43N5O/c1-56(2)43-16-6-5-15-41(43)42-34-29-38(35-46(42)56)55-59-53(36-25-30-39(31-26-36)61-47-19-9-7-17-44(47)57(3,4)45-18-8-10-20-48(45)61)58-54(60-55)37-27-32-40(33-28-37)62-49-21-11-13-23-51(49)63-52-24-14-12-22-50(52)62/h5-35H,1-4H3. The van der Waals surface area contributed by atoms with E-state index in [0.29, 0.717) is 17.5 Å². The molecule has 6 heteroatoms. The molecule has 302 valence electrons. The van der Waals surface area contributed by atoms with Gasteiger partial charge in [0.25, 0.3) is 0 Å². The normalized spacial score (nSPS) is 14.7. The molecule has 2 aliphatic heterocycles. The molecule has 0 N–H and O–H groups in total. The Bertz CT molecular complexity index is 3180. The van der Waals surface area contributed by atoms with E-state index in [2.05, 4.69) is 189 Å². The number of fused-ring (bicyclic) bond motifs is 7. The zero-order valence-electron chi connectivity index (χ0n) is 35.5. The van der Waals surface area contributed by atoms with E-state index in [4.69, 9.17) is 19.7 Å². The molecular weight excluding hydrogens is 771 g/mol. The summed E-state index contributed by atoms with van der Waals surface area (Å²) >= 11 is 0. The van der Waals surface area contributed by atoms with Gasteiger partial charge in [0, 0.05) is 38.9 Å². The van der Waals surface area contributed by atoms with Gasteiger partial charge in [-0.25, -0.2) is 15.0 Å². The van der Waals surface area contributed by atoms with Crippen LogP contribution < -0.4 is 14.5 Å². The van der Waals surface area contributed by atoms with E-state index < -0.39 is 0 Å². The third kappa shape index (κ3) is 5.75. The van der Waals surface area contributed by atoms with Crippen LogP contribution in [0.4, 0.5) is 34.1 Å². The minimum absolute atomic E-state index is 0.133. The smallest absolute Gasteiger partial charge is 0.164 e. The highest BCUT2D eigenvalue weighted by molar-refractivity contribution is 5.89. The van der Waals surface area contributed by atoms with Crippen molar-refractivity contribution in [2.75, 3.05) is 9.80 Å². The van der Waals surface area contributed by atoms with Crippen molar-refractivity contribution in [1.29, 1.82) is 0 Å². The van der Waals surface area contributed by atoms with Crippen LogP contribution in [0.3, 0.4) is 0 Å². The molecule has 0 radical (unpaired) electrons. The topological polar surface area (TPSA) is 54.4 Å². The maximum Gasteiger partial charge on any atom is 0.164 e. The van der Waals surface area contributed by atoms with E-state index in [1.807, 2.05) is 36.4 Å². The minimum atomic E-state index is -0.163. The fraction of sp³-hybridized carbons (Fsp3) is 0.105. The van der Waals surface area contributed by atoms with Crippen LogP contribution in [0.2, 0.25) is 0 Å². The first-order chi connectivity index (χ1) is 30.7. The van der Waals surface area contributed by atoms with Crippen molar-refractivity contribution in [3.05, 3.63) is 210 Å². The largest absolute Gasteiger partial charge is 0.453 e. The second-order valence-corrected chi connectivity index (χ2v) is 17.7. The van der Waals surface area contributed by atoms with Crippen molar-refractivity contribution in [2.24, 2.45) is 0 Å². The summed E-state index contributed by atoms with van der Waals surface area (Å²) in [5.41, 5.74) is 16.7. The van der Waals surface area contributed by atoms with Gasteiger partial charge in [-0.15, -0.1) is 0 Å². The number of hydrogen-bond donors (Lipinski definition) is 0. The molecule has 9 aromatic rings. The SMILES string of the molecule is CC1(C)c2ccccc2-c2ccc(-c3nc(-c4ccc(N5c6ccccc6Oc6ccccc65)cc4)nc(-c4ccc(N5c6ccccc6C(C)(C)c6ccccc65)cc4)n3)cc21. The average Bonchev–Trinajstić information content (AvgIpc) is 3.56. The molecule has 63 heavy (non-hydrogen) atoms. The molecule has 0 bridgehead atoms. The maximum absolute atomic E-state index is 6.30. The number of anilines is 6. The molecule has 0 unspecified atom stereocenters. The van der Waals surface area contributed by atoms with E-state index in [0.717, 1.165) is 50.9 Å². The molecule has 1 aliphatic carbocycles. The van der Waals surface area contributed by atoms with Crippen LogP contribution in [0.25, 0.3) is 45.3 Å². The Balaban J connectivity index is 0.970. The molecule has 0 amide bonds. The fourth-order valence-electron chi connectivity index (χ4n) is 10.1. The van der Waals surface area contributed by atoms with Gasteiger partial charge in [0.05, 0.1) is 22.7 Å².